The van der Waals surface area contributed by atoms with Gasteiger partial charge in [0.2, 0.25) is 5.88 Å². The molecule has 0 aliphatic rings. The summed E-state index contributed by atoms with van der Waals surface area (Å²) >= 11 is 0. The number of aromatic nitrogens is 1. The van der Waals surface area contributed by atoms with Crippen molar-refractivity contribution in [1.29, 1.82) is 0 Å². The number of ether oxygens (including phenoxy) is 1. The van der Waals surface area contributed by atoms with E-state index in [2.05, 4.69) is 10.3 Å². The molecule has 102 valence electrons. The zero-order valence-electron chi connectivity index (χ0n) is 11.2. The third-order valence-corrected chi connectivity index (χ3v) is 2.71. The minimum atomic E-state index is -0.334. The summed E-state index contributed by atoms with van der Waals surface area (Å²) in [6, 6.07) is 11.6. The molecular weight excluding hydrogens is 256 g/mol. The van der Waals surface area contributed by atoms with E-state index in [1.165, 1.54) is 14.0 Å². The van der Waals surface area contributed by atoms with Crippen LogP contribution in [0.25, 0.3) is 0 Å². The zero-order chi connectivity index (χ0) is 14.5. The van der Waals surface area contributed by atoms with Crippen LogP contribution in [-0.4, -0.2) is 23.8 Å². The Morgan fingerprint density at radius 1 is 1.10 bits per heavy atom. The molecule has 0 atom stereocenters. The predicted molar refractivity (Wildman–Crippen MR) is 75.2 cm³/mol. The van der Waals surface area contributed by atoms with E-state index in [0.717, 1.165) is 0 Å². The van der Waals surface area contributed by atoms with Crippen molar-refractivity contribution in [2.24, 2.45) is 0 Å². The van der Waals surface area contributed by atoms with Crippen molar-refractivity contribution >= 4 is 17.4 Å². The van der Waals surface area contributed by atoms with E-state index in [4.69, 9.17) is 4.74 Å². The number of nitrogens with zero attached hydrogens (tertiary/aromatic N) is 1. The molecular formula is C15H14N2O3. The van der Waals surface area contributed by atoms with Crippen LogP contribution in [0.1, 0.15) is 27.8 Å². The lowest BCUT2D eigenvalue weighted by atomic mass is 10.1. The monoisotopic (exact) mass is 270 g/mol. The fourth-order valence-corrected chi connectivity index (χ4v) is 1.64. The molecule has 2 rings (SSSR count). The van der Waals surface area contributed by atoms with Gasteiger partial charge in [-0.1, -0.05) is 6.07 Å². The number of pyridine rings is 1. The van der Waals surface area contributed by atoms with Crippen LogP contribution in [0.3, 0.4) is 0 Å². The maximum absolute atomic E-state index is 12.0. The van der Waals surface area contributed by atoms with Crippen LogP contribution in [0, 0.1) is 0 Å². The second kappa shape index (κ2) is 5.97. The second-order valence-corrected chi connectivity index (χ2v) is 4.15. The first kappa shape index (κ1) is 13.7. The summed E-state index contributed by atoms with van der Waals surface area (Å²) in [7, 11) is 1.49. The Morgan fingerprint density at radius 3 is 2.40 bits per heavy atom. The van der Waals surface area contributed by atoms with Crippen molar-refractivity contribution in [3.05, 3.63) is 53.7 Å². The molecule has 0 saturated carbocycles. The van der Waals surface area contributed by atoms with Gasteiger partial charge >= 0.3 is 0 Å². The van der Waals surface area contributed by atoms with E-state index < -0.39 is 0 Å². The van der Waals surface area contributed by atoms with E-state index in [1.807, 2.05) is 0 Å². The fourth-order valence-electron chi connectivity index (χ4n) is 1.64. The van der Waals surface area contributed by atoms with Crippen LogP contribution in [-0.2, 0) is 0 Å². The molecule has 1 N–H and O–H groups in total. The summed E-state index contributed by atoms with van der Waals surface area (Å²) in [5.41, 5.74) is 1.46. The molecule has 2 aromatic rings. The van der Waals surface area contributed by atoms with E-state index >= 15 is 0 Å². The van der Waals surface area contributed by atoms with Crippen LogP contribution in [0.15, 0.2) is 42.5 Å². The van der Waals surface area contributed by atoms with Gasteiger partial charge in [0.1, 0.15) is 5.69 Å². The summed E-state index contributed by atoms with van der Waals surface area (Å²) in [6.45, 7) is 1.49. The molecule has 1 aromatic heterocycles. The van der Waals surface area contributed by atoms with Crippen LogP contribution < -0.4 is 10.1 Å². The summed E-state index contributed by atoms with van der Waals surface area (Å²) in [5.74, 6) is 0.0291. The van der Waals surface area contributed by atoms with Gasteiger partial charge in [0.05, 0.1) is 7.11 Å². The minimum Gasteiger partial charge on any atom is -0.481 e. The topological polar surface area (TPSA) is 68.3 Å². The van der Waals surface area contributed by atoms with Crippen LogP contribution in [0.5, 0.6) is 5.88 Å². The Morgan fingerprint density at radius 2 is 1.80 bits per heavy atom. The molecule has 1 heterocycles. The summed E-state index contributed by atoms with van der Waals surface area (Å²) in [4.78, 5) is 27.2. The second-order valence-electron chi connectivity index (χ2n) is 4.15. The first-order chi connectivity index (χ1) is 9.60. The molecule has 5 heteroatoms. The van der Waals surface area contributed by atoms with Gasteiger partial charge in [-0.25, -0.2) is 4.98 Å². The lowest BCUT2D eigenvalue weighted by Crippen LogP contribution is -2.13. The van der Waals surface area contributed by atoms with Gasteiger partial charge in [0.25, 0.3) is 5.91 Å². The number of methoxy groups -OCH3 is 1. The normalized spacial score (nSPS) is 9.90. The van der Waals surface area contributed by atoms with Crippen LogP contribution >= 0.6 is 0 Å². The number of rotatable bonds is 4. The largest absolute Gasteiger partial charge is 0.481 e. The molecule has 0 saturated heterocycles. The van der Waals surface area contributed by atoms with Gasteiger partial charge in [-0.2, -0.15) is 0 Å². The van der Waals surface area contributed by atoms with Crippen molar-refractivity contribution in [3.8, 4) is 5.88 Å². The predicted octanol–water partition coefficient (Wildman–Crippen LogP) is 2.55. The number of benzene rings is 1. The number of anilines is 1. The minimum absolute atomic E-state index is 0.0164. The van der Waals surface area contributed by atoms with Gasteiger partial charge in [-0.15, -0.1) is 0 Å². The van der Waals surface area contributed by atoms with Gasteiger partial charge < -0.3 is 10.1 Å². The highest BCUT2D eigenvalue weighted by molar-refractivity contribution is 6.03. The first-order valence-corrected chi connectivity index (χ1v) is 6.03. The Hall–Kier alpha value is -2.69. The number of carbonyl (C=O) groups excluding carboxylic acids is 2. The Balaban J connectivity index is 2.12. The lowest BCUT2D eigenvalue weighted by molar-refractivity contribution is 0.101. The zero-order valence-corrected chi connectivity index (χ0v) is 11.2. The number of hydrogen-bond acceptors (Lipinski definition) is 4. The molecule has 20 heavy (non-hydrogen) atoms. The van der Waals surface area contributed by atoms with Crippen LogP contribution in [0.4, 0.5) is 5.69 Å². The van der Waals surface area contributed by atoms with Crippen molar-refractivity contribution in [2.75, 3.05) is 12.4 Å². The van der Waals surface area contributed by atoms with Gasteiger partial charge in [-0.3, -0.25) is 9.59 Å². The first-order valence-electron chi connectivity index (χ1n) is 6.03. The molecule has 0 spiro atoms. The molecule has 0 aliphatic carbocycles. The number of Topliss-reactive ketones (excluding diaryl/α,β-unsaturated/α-hetero) is 1. The Labute approximate surface area is 116 Å². The standard InChI is InChI=1S/C15H14N2O3/c1-10(18)11-6-8-12(9-7-11)16-15(19)13-4-3-5-14(17-13)20-2/h3-9H,1-2H3,(H,16,19). The van der Waals surface area contributed by atoms with Crippen LogP contribution in [0.2, 0.25) is 0 Å². The highest BCUT2D eigenvalue weighted by atomic mass is 16.5. The average Bonchev–Trinajstić information content (AvgIpc) is 2.47. The van der Waals surface area contributed by atoms with Crippen molar-refractivity contribution in [1.82, 2.24) is 4.98 Å². The quantitative estimate of drug-likeness (QED) is 0.867. The van der Waals surface area contributed by atoms with Gasteiger partial charge in [0, 0.05) is 17.3 Å². The van der Waals surface area contributed by atoms with Crippen molar-refractivity contribution in [3.63, 3.8) is 0 Å². The Bertz CT molecular complexity index is 636. The highest BCUT2D eigenvalue weighted by Crippen LogP contribution is 2.12. The average molecular weight is 270 g/mol. The third kappa shape index (κ3) is 3.20. The molecule has 1 aromatic carbocycles. The lowest BCUT2D eigenvalue weighted by Gasteiger charge is -2.06. The molecule has 5 nitrogen and oxygen atoms in total. The number of nitrogens with one attached hydrogen (secondary N) is 1. The maximum atomic E-state index is 12.0. The Kier molecular flexibility index (Phi) is 4.10. The molecule has 0 aliphatic heterocycles. The summed E-state index contributed by atoms with van der Waals surface area (Å²) < 4.78 is 4.97. The molecule has 0 bridgehead atoms. The smallest absolute Gasteiger partial charge is 0.274 e. The molecule has 0 radical (unpaired) electrons. The number of amides is 1. The van der Waals surface area contributed by atoms with E-state index in [9.17, 15) is 9.59 Å². The maximum Gasteiger partial charge on any atom is 0.274 e. The number of carbonyl (C=O) groups is 2. The SMILES string of the molecule is COc1cccc(C(=O)Nc2ccc(C(C)=O)cc2)n1. The van der Waals surface area contributed by atoms with E-state index in [0.29, 0.717) is 17.1 Å². The van der Waals surface area contributed by atoms with Crippen molar-refractivity contribution in [2.45, 2.75) is 6.92 Å². The van der Waals surface area contributed by atoms with Gasteiger partial charge in [0.15, 0.2) is 5.78 Å². The fraction of sp³-hybridized carbons (Fsp3) is 0.133. The summed E-state index contributed by atoms with van der Waals surface area (Å²) in [5, 5.41) is 2.71. The number of hydrogen-bond donors (Lipinski definition) is 1. The van der Waals surface area contributed by atoms with E-state index in [1.54, 1.807) is 42.5 Å². The highest BCUT2D eigenvalue weighted by Gasteiger charge is 2.09. The number of ketones is 1. The van der Waals surface area contributed by atoms with Gasteiger partial charge in [-0.05, 0) is 37.3 Å². The summed E-state index contributed by atoms with van der Waals surface area (Å²) in [6.07, 6.45) is 0. The van der Waals surface area contributed by atoms with Crippen molar-refractivity contribution < 1.29 is 14.3 Å². The molecule has 0 fully saturated rings. The molecule has 0 unspecified atom stereocenters. The molecule has 1 amide bonds. The third-order valence-electron chi connectivity index (χ3n) is 2.71. The van der Waals surface area contributed by atoms with E-state index in [-0.39, 0.29) is 17.4 Å².